The van der Waals surface area contributed by atoms with Crippen LogP contribution >= 0.6 is 0 Å². The van der Waals surface area contributed by atoms with Crippen molar-refractivity contribution in [1.82, 2.24) is 20.6 Å². The summed E-state index contributed by atoms with van der Waals surface area (Å²) >= 11 is 0. The molecule has 1 aliphatic carbocycles. The summed E-state index contributed by atoms with van der Waals surface area (Å²) < 4.78 is 15.9. The molecule has 1 aliphatic rings. The summed E-state index contributed by atoms with van der Waals surface area (Å²) in [6.07, 6.45) is 7.52. The summed E-state index contributed by atoms with van der Waals surface area (Å²) in [6, 6.07) is 1.69. The number of hydrogen-bond donors (Lipinski definition) is 4. The van der Waals surface area contributed by atoms with Crippen molar-refractivity contribution in [3.05, 3.63) is 48.1 Å². The minimum atomic E-state index is -0.235. The van der Waals surface area contributed by atoms with Crippen LogP contribution in [0.4, 0.5) is 15.8 Å². The van der Waals surface area contributed by atoms with Gasteiger partial charge in [-0.1, -0.05) is 40.2 Å². The van der Waals surface area contributed by atoms with Crippen molar-refractivity contribution in [2.45, 2.75) is 64.7 Å². The van der Waals surface area contributed by atoms with Crippen LogP contribution in [0.25, 0.3) is 11.1 Å². The number of hydrogen-bond acceptors (Lipinski definition) is 6. The first-order valence-corrected chi connectivity index (χ1v) is 11.1. The fraction of sp³-hybridized carbons (Fsp3) is 0.500. The molecule has 0 radical (unpaired) electrons. The quantitative estimate of drug-likeness (QED) is 0.356. The van der Waals surface area contributed by atoms with Crippen molar-refractivity contribution in [2.75, 3.05) is 24.3 Å². The van der Waals surface area contributed by atoms with Crippen molar-refractivity contribution in [3.8, 4) is 11.1 Å². The van der Waals surface area contributed by atoms with E-state index in [1.54, 1.807) is 18.5 Å². The van der Waals surface area contributed by atoms with Gasteiger partial charge in [0, 0.05) is 41.0 Å². The van der Waals surface area contributed by atoms with Gasteiger partial charge in [0.1, 0.15) is 11.6 Å². The highest BCUT2D eigenvalue weighted by molar-refractivity contribution is 5.80. The Labute approximate surface area is 184 Å². The lowest BCUT2D eigenvalue weighted by Crippen LogP contribution is -2.30. The van der Waals surface area contributed by atoms with E-state index in [-0.39, 0.29) is 17.2 Å². The molecule has 7 heteroatoms. The van der Waals surface area contributed by atoms with Gasteiger partial charge in [-0.2, -0.15) is 0 Å². The van der Waals surface area contributed by atoms with Crippen LogP contribution in [-0.4, -0.2) is 23.2 Å². The van der Waals surface area contributed by atoms with E-state index in [4.69, 9.17) is 5.73 Å². The number of nitrogens with zero attached hydrogens (tertiary/aromatic N) is 2. The molecular formula is C24H35FN6. The van der Waals surface area contributed by atoms with Gasteiger partial charge in [-0.3, -0.25) is 0 Å². The molecule has 31 heavy (non-hydrogen) atoms. The molecule has 0 amide bonds. The Bertz CT molecular complexity index is 911. The van der Waals surface area contributed by atoms with Crippen LogP contribution in [0.3, 0.4) is 0 Å². The van der Waals surface area contributed by atoms with E-state index in [0.717, 1.165) is 38.1 Å². The third kappa shape index (κ3) is 5.27. The maximum Gasteiger partial charge on any atom is 0.136 e. The van der Waals surface area contributed by atoms with E-state index in [1.165, 1.54) is 0 Å². The molecule has 1 saturated carbocycles. The van der Waals surface area contributed by atoms with Crippen LogP contribution in [-0.2, 0) is 5.41 Å². The largest absolute Gasteiger partial charge is 0.397 e. The van der Waals surface area contributed by atoms with Crippen LogP contribution in [0.2, 0.25) is 0 Å². The number of nitrogens with two attached hydrogens (primary N) is 1. The van der Waals surface area contributed by atoms with Gasteiger partial charge < -0.3 is 21.7 Å². The zero-order valence-electron chi connectivity index (χ0n) is 19.1. The maximum absolute atomic E-state index is 15.9. The predicted octanol–water partition coefficient (Wildman–Crippen LogP) is 4.86. The number of nitrogen functional groups attached to an aromatic ring is 1. The maximum atomic E-state index is 15.9. The number of halogens is 1. The van der Waals surface area contributed by atoms with E-state index >= 15 is 4.39 Å². The molecule has 5 N–H and O–H groups in total. The van der Waals surface area contributed by atoms with Crippen LogP contribution in [0.1, 0.15) is 70.7 Å². The summed E-state index contributed by atoms with van der Waals surface area (Å²) in [6.45, 7) is 13.3. The molecule has 1 heterocycles. The topological polar surface area (TPSA) is 87.9 Å². The fourth-order valence-electron chi connectivity index (χ4n) is 4.08. The third-order valence-corrected chi connectivity index (χ3v) is 5.68. The first-order chi connectivity index (χ1) is 14.7. The van der Waals surface area contributed by atoms with Crippen LogP contribution in [0, 0.1) is 5.82 Å². The number of nitrogens with one attached hydrogen (secondary N) is 3. The standard InChI is InChI=1S/C24H35FN6/c1-6-27-15(2)30-14-31-22-19(26)11-18(21(25)20(22)16-9-7-8-10-16)17-12-28-23(29-13-17)24(3,4)5/h11-13,16,27,30-31H,2,6-10,14,26H2,1,3-5H3. The van der Waals surface area contributed by atoms with Crippen molar-refractivity contribution in [2.24, 2.45) is 0 Å². The smallest absolute Gasteiger partial charge is 0.136 e. The van der Waals surface area contributed by atoms with Crippen molar-refractivity contribution in [3.63, 3.8) is 0 Å². The second-order valence-electron chi connectivity index (χ2n) is 9.18. The lowest BCUT2D eigenvalue weighted by Gasteiger charge is -2.23. The van der Waals surface area contributed by atoms with Gasteiger partial charge in [-0.25, -0.2) is 14.4 Å². The lowest BCUT2D eigenvalue weighted by molar-refractivity contribution is 0.545. The summed E-state index contributed by atoms with van der Waals surface area (Å²) in [4.78, 5) is 8.94. The first-order valence-electron chi connectivity index (χ1n) is 11.1. The molecule has 0 bridgehead atoms. The van der Waals surface area contributed by atoms with Gasteiger partial charge in [-0.15, -0.1) is 0 Å². The van der Waals surface area contributed by atoms with Crippen molar-refractivity contribution >= 4 is 11.4 Å². The van der Waals surface area contributed by atoms with Gasteiger partial charge in [0.25, 0.3) is 0 Å². The number of anilines is 2. The van der Waals surface area contributed by atoms with E-state index in [9.17, 15) is 0 Å². The van der Waals surface area contributed by atoms with E-state index < -0.39 is 0 Å². The Kier molecular flexibility index (Phi) is 7.03. The summed E-state index contributed by atoms with van der Waals surface area (Å²) in [5.74, 6) is 1.35. The SMILES string of the molecule is C=C(NCC)NCNc1c(N)cc(-c2cnc(C(C)(C)C)nc2)c(F)c1C1CCCC1. The van der Waals surface area contributed by atoms with Crippen LogP contribution in [0.15, 0.2) is 30.9 Å². The van der Waals surface area contributed by atoms with Gasteiger partial charge in [0.15, 0.2) is 0 Å². The fourth-order valence-corrected chi connectivity index (χ4v) is 4.08. The summed E-state index contributed by atoms with van der Waals surface area (Å²) in [5, 5.41) is 9.54. The van der Waals surface area contributed by atoms with Crippen molar-refractivity contribution < 1.29 is 4.39 Å². The minimum absolute atomic E-state index is 0.150. The Morgan fingerprint density at radius 1 is 1.19 bits per heavy atom. The summed E-state index contributed by atoms with van der Waals surface area (Å²) in [7, 11) is 0. The number of rotatable bonds is 8. The predicted molar refractivity (Wildman–Crippen MR) is 126 cm³/mol. The van der Waals surface area contributed by atoms with Crippen molar-refractivity contribution in [1.29, 1.82) is 0 Å². The molecule has 0 aliphatic heterocycles. The molecule has 1 aromatic heterocycles. The molecule has 2 aromatic rings. The monoisotopic (exact) mass is 426 g/mol. The Balaban J connectivity index is 1.96. The molecular weight excluding hydrogens is 391 g/mol. The molecule has 0 spiro atoms. The number of benzene rings is 1. The zero-order valence-corrected chi connectivity index (χ0v) is 19.1. The van der Waals surface area contributed by atoms with Crippen LogP contribution in [0.5, 0.6) is 0 Å². The molecule has 6 nitrogen and oxygen atoms in total. The molecule has 0 atom stereocenters. The second kappa shape index (κ2) is 9.54. The van der Waals surface area contributed by atoms with Gasteiger partial charge >= 0.3 is 0 Å². The van der Waals surface area contributed by atoms with E-state index in [1.807, 2.05) is 6.92 Å². The average Bonchev–Trinajstić information content (AvgIpc) is 3.24. The highest BCUT2D eigenvalue weighted by atomic mass is 19.1. The van der Waals surface area contributed by atoms with Gasteiger partial charge in [-0.05, 0) is 31.7 Å². The molecule has 168 valence electrons. The Morgan fingerprint density at radius 2 is 1.84 bits per heavy atom. The van der Waals surface area contributed by atoms with Crippen LogP contribution < -0.4 is 21.7 Å². The molecule has 3 rings (SSSR count). The highest BCUT2D eigenvalue weighted by Gasteiger charge is 2.28. The molecule has 1 fully saturated rings. The molecule has 0 unspecified atom stereocenters. The van der Waals surface area contributed by atoms with E-state index in [0.29, 0.717) is 40.6 Å². The second-order valence-corrected chi connectivity index (χ2v) is 9.18. The number of aromatic nitrogens is 2. The Hall–Kier alpha value is -2.83. The van der Waals surface area contributed by atoms with E-state index in [2.05, 4.69) is 53.3 Å². The summed E-state index contributed by atoms with van der Waals surface area (Å²) in [5.41, 5.74) is 9.22. The lowest BCUT2D eigenvalue weighted by atomic mass is 9.90. The van der Waals surface area contributed by atoms with Gasteiger partial charge in [0.2, 0.25) is 0 Å². The Morgan fingerprint density at radius 3 is 2.42 bits per heavy atom. The minimum Gasteiger partial charge on any atom is -0.397 e. The normalized spacial score (nSPS) is 14.5. The van der Waals surface area contributed by atoms with Gasteiger partial charge in [0.05, 0.1) is 23.9 Å². The molecule has 1 aromatic carbocycles. The first kappa shape index (κ1) is 22.8. The zero-order chi connectivity index (χ0) is 22.6. The average molecular weight is 427 g/mol. The third-order valence-electron chi connectivity index (χ3n) is 5.68. The molecule has 0 saturated heterocycles. The highest BCUT2D eigenvalue weighted by Crippen LogP contribution is 2.44.